The van der Waals surface area contributed by atoms with E-state index in [1.165, 1.54) is 18.2 Å². The molecule has 2 heterocycles. The van der Waals surface area contributed by atoms with Crippen molar-refractivity contribution >= 4 is 17.8 Å². The molecule has 0 saturated heterocycles. The number of carbonyl (C=O) groups is 1. The molecule has 5 nitrogen and oxygen atoms in total. The SMILES string of the molecule is COc1ccc(-c2ccc(N3N=CCCC3=O)cc2F)cn1. The molecule has 0 aliphatic carbocycles. The number of nitrogens with zero attached hydrogens (tertiary/aromatic N) is 3. The summed E-state index contributed by atoms with van der Waals surface area (Å²) in [5.74, 6) is -0.104. The van der Waals surface area contributed by atoms with Crippen LogP contribution in [0.2, 0.25) is 0 Å². The molecule has 0 unspecified atom stereocenters. The number of halogens is 1. The van der Waals surface area contributed by atoms with Crippen molar-refractivity contribution in [2.24, 2.45) is 5.10 Å². The maximum absolute atomic E-state index is 14.4. The Labute approximate surface area is 127 Å². The third-order valence-electron chi connectivity index (χ3n) is 3.37. The van der Waals surface area contributed by atoms with Crippen LogP contribution in [0.1, 0.15) is 12.8 Å². The van der Waals surface area contributed by atoms with Crippen LogP contribution in [0.3, 0.4) is 0 Å². The highest BCUT2D eigenvalue weighted by Gasteiger charge is 2.19. The molecule has 0 fully saturated rings. The number of ether oxygens (including phenoxy) is 1. The maximum atomic E-state index is 14.4. The summed E-state index contributed by atoms with van der Waals surface area (Å²) in [5.41, 5.74) is 1.47. The van der Waals surface area contributed by atoms with Crippen LogP contribution >= 0.6 is 0 Å². The van der Waals surface area contributed by atoms with Crippen molar-refractivity contribution in [1.82, 2.24) is 4.98 Å². The van der Waals surface area contributed by atoms with Crippen LogP contribution in [0, 0.1) is 5.82 Å². The second-order valence-electron chi connectivity index (χ2n) is 4.80. The van der Waals surface area contributed by atoms with Gasteiger partial charge in [-0.05, 0) is 24.6 Å². The summed E-state index contributed by atoms with van der Waals surface area (Å²) in [6.45, 7) is 0. The van der Waals surface area contributed by atoms with Crippen LogP contribution in [0.5, 0.6) is 5.88 Å². The number of carbonyl (C=O) groups excluding carboxylic acids is 1. The number of amides is 1. The number of pyridine rings is 1. The Morgan fingerprint density at radius 1 is 1.27 bits per heavy atom. The number of aromatic nitrogens is 1. The molecule has 0 atom stereocenters. The van der Waals surface area contributed by atoms with Gasteiger partial charge in [-0.3, -0.25) is 4.79 Å². The molecular weight excluding hydrogens is 285 g/mol. The topological polar surface area (TPSA) is 54.8 Å². The van der Waals surface area contributed by atoms with Crippen LogP contribution in [-0.2, 0) is 4.79 Å². The molecular formula is C16H14FN3O2. The molecule has 1 aliphatic rings. The monoisotopic (exact) mass is 299 g/mol. The van der Waals surface area contributed by atoms with Crippen LogP contribution in [0.4, 0.5) is 10.1 Å². The fraction of sp³-hybridized carbons (Fsp3) is 0.188. The van der Waals surface area contributed by atoms with Crippen LogP contribution in [0.15, 0.2) is 41.6 Å². The first-order chi connectivity index (χ1) is 10.7. The van der Waals surface area contributed by atoms with Crippen molar-refractivity contribution in [3.05, 3.63) is 42.3 Å². The standard InChI is InChI=1S/C16H14FN3O2/c1-22-15-7-4-11(10-18-15)13-6-5-12(9-14(13)17)20-16(21)3-2-8-19-20/h4-10H,2-3H2,1H3. The van der Waals surface area contributed by atoms with Gasteiger partial charge in [0.15, 0.2) is 0 Å². The summed E-state index contributed by atoms with van der Waals surface area (Å²) in [7, 11) is 1.52. The minimum atomic E-state index is -0.432. The summed E-state index contributed by atoms with van der Waals surface area (Å²) in [4.78, 5) is 15.9. The maximum Gasteiger partial charge on any atom is 0.247 e. The zero-order valence-electron chi connectivity index (χ0n) is 12.0. The lowest BCUT2D eigenvalue weighted by Gasteiger charge is -2.20. The molecule has 0 bridgehead atoms. The Morgan fingerprint density at radius 2 is 2.14 bits per heavy atom. The van der Waals surface area contributed by atoms with E-state index in [0.717, 1.165) is 0 Å². The smallest absolute Gasteiger partial charge is 0.247 e. The molecule has 1 aliphatic heterocycles. The third kappa shape index (κ3) is 2.67. The van der Waals surface area contributed by atoms with Gasteiger partial charge in [0.25, 0.3) is 0 Å². The van der Waals surface area contributed by atoms with E-state index in [0.29, 0.717) is 35.5 Å². The number of hydrogen-bond donors (Lipinski definition) is 0. The zero-order valence-corrected chi connectivity index (χ0v) is 12.0. The zero-order chi connectivity index (χ0) is 15.5. The lowest BCUT2D eigenvalue weighted by molar-refractivity contribution is -0.118. The lowest BCUT2D eigenvalue weighted by Crippen LogP contribution is -2.28. The lowest BCUT2D eigenvalue weighted by atomic mass is 10.1. The van der Waals surface area contributed by atoms with Gasteiger partial charge >= 0.3 is 0 Å². The second-order valence-corrected chi connectivity index (χ2v) is 4.80. The average molecular weight is 299 g/mol. The van der Waals surface area contributed by atoms with Gasteiger partial charge in [-0.2, -0.15) is 5.10 Å². The van der Waals surface area contributed by atoms with Crippen molar-refractivity contribution in [2.75, 3.05) is 12.1 Å². The molecule has 2 aromatic rings. The normalized spacial score (nSPS) is 14.3. The molecule has 1 amide bonds. The molecule has 0 saturated carbocycles. The number of benzene rings is 1. The molecule has 0 N–H and O–H groups in total. The Kier molecular flexibility index (Phi) is 3.82. The highest BCUT2D eigenvalue weighted by atomic mass is 19.1. The summed E-state index contributed by atoms with van der Waals surface area (Å²) in [6, 6.07) is 7.99. The van der Waals surface area contributed by atoms with Gasteiger partial charge in [-0.15, -0.1) is 0 Å². The largest absolute Gasteiger partial charge is 0.481 e. The van der Waals surface area contributed by atoms with E-state index in [1.54, 1.807) is 36.7 Å². The highest BCUT2D eigenvalue weighted by molar-refractivity contribution is 5.97. The Morgan fingerprint density at radius 3 is 2.77 bits per heavy atom. The number of rotatable bonds is 3. The van der Waals surface area contributed by atoms with Crippen molar-refractivity contribution in [3.8, 4) is 17.0 Å². The fourth-order valence-corrected chi connectivity index (χ4v) is 2.24. The quantitative estimate of drug-likeness (QED) is 0.875. The summed E-state index contributed by atoms with van der Waals surface area (Å²) >= 11 is 0. The average Bonchev–Trinajstić information content (AvgIpc) is 2.55. The first-order valence-corrected chi connectivity index (χ1v) is 6.84. The van der Waals surface area contributed by atoms with Crippen LogP contribution in [-0.4, -0.2) is 24.2 Å². The van der Waals surface area contributed by atoms with Crippen molar-refractivity contribution < 1.29 is 13.9 Å². The number of hydrazone groups is 1. The van der Waals surface area contributed by atoms with Crippen molar-refractivity contribution in [2.45, 2.75) is 12.8 Å². The van der Waals surface area contributed by atoms with E-state index in [1.807, 2.05) is 0 Å². The fourth-order valence-electron chi connectivity index (χ4n) is 2.24. The minimum Gasteiger partial charge on any atom is -0.481 e. The molecule has 0 radical (unpaired) electrons. The van der Waals surface area contributed by atoms with Gasteiger partial charge in [0, 0.05) is 42.1 Å². The van der Waals surface area contributed by atoms with Gasteiger partial charge in [0.2, 0.25) is 11.8 Å². The van der Waals surface area contributed by atoms with E-state index >= 15 is 0 Å². The van der Waals surface area contributed by atoms with E-state index in [2.05, 4.69) is 10.1 Å². The predicted molar refractivity (Wildman–Crippen MR) is 81.4 cm³/mol. The molecule has 1 aromatic carbocycles. The second kappa shape index (κ2) is 5.93. The minimum absolute atomic E-state index is 0.138. The van der Waals surface area contributed by atoms with Crippen molar-refractivity contribution in [1.29, 1.82) is 0 Å². The molecule has 1 aromatic heterocycles. The summed E-state index contributed by atoms with van der Waals surface area (Å²) in [6.07, 6.45) is 4.20. The van der Waals surface area contributed by atoms with Crippen molar-refractivity contribution in [3.63, 3.8) is 0 Å². The Hall–Kier alpha value is -2.76. The van der Waals surface area contributed by atoms with Gasteiger partial charge in [0.05, 0.1) is 12.8 Å². The Bertz CT molecular complexity index is 729. The van der Waals surface area contributed by atoms with E-state index in [4.69, 9.17) is 4.74 Å². The van der Waals surface area contributed by atoms with Crippen LogP contribution in [0.25, 0.3) is 11.1 Å². The number of methoxy groups -OCH3 is 1. The summed E-state index contributed by atoms with van der Waals surface area (Å²) < 4.78 is 19.3. The molecule has 0 spiro atoms. The van der Waals surface area contributed by atoms with E-state index in [-0.39, 0.29) is 5.91 Å². The van der Waals surface area contributed by atoms with E-state index < -0.39 is 5.82 Å². The van der Waals surface area contributed by atoms with Gasteiger partial charge < -0.3 is 4.74 Å². The number of hydrogen-bond acceptors (Lipinski definition) is 4. The van der Waals surface area contributed by atoms with Gasteiger partial charge in [0.1, 0.15) is 5.82 Å². The summed E-state index contributed by atoms with van der Waals surface area (Å²) in [5, 5.41) is 5.23. The highest BCUT2D eigenvalue weighted by Crippen LogP contribution is 2.28. The third-order valence-corrected chi connectivity index (χ3v) is 3.37. The van der Waals surface area contributed by atoms with E-state index in [9.17, 15) is 9.18 Å². The molecule has 3 rings (SSSR count). The van der Waals surface area contributed by atoms with Gasteiger partial charge in [-0.1, -0.05) is 0 Å². The molecule has 6 heteroatoms. The Balaban J connectivity index is 1.93. The molecule has 22 heavy (non-hydrogen) atoms. The first kappa shape index (κ1) is 14.2. The molecule has 112 valence electrons. The number of anilines is 1. The van der Waals surface area contributed by atoms with Crippen LogP contribution < -0.4 is 9.75 Å². The first-order valence-electron chi connectivity index (χ1n) is 6.84. The predicted octanol–water partition coefficient (Wildman–Crippen LogP) is 3.01. The van der Waals surface area contributed by atoms with Gasteiger partial charge in [-0.25, -0.2) is 14.4 Å².